The molecule has 27 heavy (non-hydrogen) atoms. The molecule has 0 aliphatic carbocycles. The zero-order valence-electron chi connectivity index (χ0n) is 15.5. The second-order valence-corrected chi connectivity index (χ2v) is 8.19. The molecule has 0 bridgehead atoms. The lowest BCUT2D eigenvalue weighted by Gasteiger charge is -2.09. The first-order chi connectivity index (χ1) is 13.0. The highest BCUT2D eigenvalue weighted by Gasteiger charge is 2.18. The molecule has 0 unspecified atom stereocenters. The van der Waals surface area contributed by atoms with E-state index in [2.05, 4.69) is 38.9 Å². The summed E-state index contributed by atoms with van der Waals surface area (Å²) in [6.07, 6.45) is 2.70. The summed E-state index contributed by atoms with van der Waals surface area (Å²) in [6.45, 7) is 9.17. The van der Waals surface area contributed by atoms with E-state index < -0.39 is 0 Å². The van der Waals surface area contributed by atoms with E-state index in [0.29, 0.717) is 23.4 Å². The standard InChI is InChI=1S/C19H23N5OS2/c1-4-8-24-18(20)21-22-19(24)27-12-17(25)16-11-13(2)23(14(16)3)9-7-15-6-5-10-26-15/h4-6,10-11H,1,7-9,12H2,2-3H3,(H2,20,21). The van der Waals surface area contributed by atoms with Gasteiger partial charge in [0.15, 0.2) is 10.9 Å². The molecule has 3 rings (SSSR count). The van der Waals surface area contributed by atoms with Crippen LogP contribution in [0.4, 0.5) is 5.95 Å². The number of carbonyl (C=O) groups excluding carboxylic acids is 1. The average molecular weight is 402 g/mol. The minimum absolute atomic E-state index is 0.0854. The molecule has 0 spiro atoms. The Morgan fingerprint density at radius 1 is 1.37 bits per heavy atom. The number of aryl methyl sites for hydroxylation is 2. The number of hydrogen-bond acceptors (Lipinski definition) is 6. The van der Waals surface area contributed by atoms with Crippen LogP contribution in [-0.2, 0) is 19.5 Å². The van der Waals surface area contributed by atoms with Gasteiger partial charge in [-0.05, 0) is 37.8 Å². The maximum atomic E-state index is 12.8. The van der Waals surface area contributed by atoms with Crippen molar-refractivity contribution in [3.63, 3.8) is 0 Å². The fourth-order valence-electron chi connectivity index (χ4n) is 3.02. The second-order valence-electron chi connectivity index (χ2n) is 6.22. The number of rotatable bonds is 9. The molecule has 0 amide bonds. The third-order valence-electron chi connectivity index (χ3n) is 4.43. The predicted molar refractivity (Wildman–Crippen MR) is 112 cm³/mol. The normalized spacial score (nSPS) is 11.0. The fraction of sp³-hybridized carbons (Fsp3) is 0.316. The molecule has 0 saturated heterocycles. The summed E-state index contributed by atoms with van der Waals surface area (Å²) in [5.41, 5.74) is 8.70. The van der Waals surface area contributed by atoms with Crippen molar-refractivity contribution in [2.75, 3.05) is 11.5 Å². The number of Topliss-reactive ketones (excluding diaryl/α,β-unsaturated/α-hetero) is 1. The van der Waals surface area contributed by atoms with Crippen LogP contribution in [0.25, 0.3) is 0 Å². The van der Waals surface area contributed by atoms with Crippen LogP contribution in [0.15, 0.2) is 41.4 Å². The van der Waals surface area contributed by atoms with E-state index in [-0.39, 0.29) is 5.78 Å². The van der Waals surface area contributed by atoms with E-state index in [1.165, 1.54) is 16.6 Å². The summed E-state index contributed by atoms with van der Waals surface area (Å²) in [7, 11) is 0. The van der Waals surface area contributed by atoms with Crippen LogP contribution in [0.3, 0.4) is 0 Å². The van der Waals surface area contributed by atoms with Crippen molar-refractivity contribution < 1.29 is 4.79 Å². The van der Waals surface area contributed by atoms with Crippen molar-refractivity contribution in [2.45, 2.75) is 38.5 Å². The van der Waals surface area contributed by atoms with E-state index >= 15 is 0 Å². The summed E-state index contributed by atoms with van der Waals surface area (Å²) < 4.78 is 3.96. The van der Waals surface area contributed by atoms with Crippen LogP contribution in [0.2, 0.25) is 0 Å². The second kappa shape index (κ2) is 8.58. The van der Waals surface area contributed by atoms with Gasteiger partial charge in [0.05, 0.1) is 5.75 Å². The molecule has 3 heterocycles. The molecule has 8 heteroatoms. The lowest BCUT2D eigenvalue weighted by Crippen LogP contribution is -2.09. The molecule has 0 radical (unpaired) electrons. The first kappa shape index (κ1) is 19.4. The molecule has 0 aromatic carbocycles. The first-order valence-electron chi connectivity index (χ1n) is 8.66. The van der Waals surface area contributed by atoms with Crippen molar-refractivity contribution in [1.29, 1.82) is 0 Å². The number of nitrogen functional groups attached to an aromatic ring is 1. The van der Waals surface area contributed by atoms with Gasteiger partial charge in [0, 0.05) is 34.9 Å². The minimum atomic E-state index is 0.0854. The molecule has 2 N–H and O–H groups in total. The number of aromatic nitrogens is 4. The quantitative estimate of drug-likeness (QED) is 0.336. The molecule has 6 nitrogen and oxygen atoms in total. The maximum absolute atomic E-state index is 12.8. The highest BCUT2D eigenvalue weighted by molar-refractivity contribution is 7.99. The van der Waals surface area contributed by atoms with Crippen molar-refractivity contribution in [1.82, 2.24) is 19.3 Å². The maximum Gasteiger partial charge on any atom is 0.222 e. The van der Waals surface area contributed by atoms with Gasteiger partial charge in [-0.2, -0.15) is 0 Å². The van der Waals surface area contributed by atoms with Crippen LogP contribution >= 0.6 is 23.1 Å². The number of nitrogens with zero attached hydrogens (tertiary/aromatic N) is 4. The van der Waals surface area contributed by atoms with Gasteiger partial charge in [-0.3, -0.25) is 9.36 Å². The Morgan fingerprint density at radius 2 is 2.19 bits per heavy atom. The van der Waals surface area contributed by atoms with E-state index in [1.807, 2.05) is 19.9 Å². The van der Waals surface area contributed by atoms with Crippen molar-refractivity contribution in [3.8, 4) is 0 Å². The number of carbonyl (C=O) groups is 1. The molecular formula is C19H23N5OS2. The lowest BCUT2D eigenvalue weighted by molar-refractivity contribution is 0.102. The predicted octanol–water partition coefficient (Wildman–Crippen LogP) is 3.74. The van der Waals surface area contributed by atoms with Crippen LogP contribution in [-0.4, -0.2) is 30.9 Å². The van der Waals surface area contributed by atoms with Crippen LogP contribution < -0.4 is 5.73 Å². The van der Waals surface area contributed by atoms with E-state index in [4.69, 9.17) is 5.73 Å². The van der Waals surface area contributed by atoms with Gasteiger partial charge in [-0.1, -0.05) is 23.9 Å². The third kappa shape index (κ3) is 4.33. The topological polar surface area (TPSA) is 78.7 Å². The van der Waals surface area contributed by atoms with E-state index in [9.17, 15) is 4.79 Å². The summed E-state index contributed by atoms with van der Waals surface area (Å²) in [5, 5.41) is 10.7. The molecule has 0 aliphatic heterocycles. The number of ketones is 1. The van der Waals surface area contributed by atoms with Crippen LogP contribution in [0.1, 0.15) is 26.6 Å². The molecule has 0 atom stereocenters. The van der Waals surface area contributed by atoms with Gasteiger partial charge < -0.3 is 10.3 Å². The lowest BCUT2D eigenvalue weighted by atomic mass is 10.2. The third-order valence-corrected chi connectivity index (χ3v) is 6.33. The number of hydrogen-bond donors (Lipinski definition) is 1. The summed E-state index contributed by atoms with van der Waals surface area (Å²) in [6, 6.07) is 6.20. The zero-order valence-corrected chi connectivity index (χ0v) is 17.1. The van der Waals surface area contributed by atoms with Gasteiger partial charge in [-0.25, -0.2) is 0 Å². The van der Waals surface area contributed by atoms with Crippen molar-refractivity contribution in [3.05, 3.63) is 58.1 Å². The number of thioether (sulfide) groups is 1. The number of thiophene rings is 1. The fourth-order valence-corrected chi connectivity index (χ4v) is 4.56. The van der Waals surface area contributed by atoms with Gasteiger partial charge >= 0.3 is 0 Å². The smallest absolute Gasteiger partial charge is 0.222 e. The van der Waals surface area contributed by atoms with Crippen molar-refractivity contribution >= 4 is 34.8 Å². The van der Waals surface area contributed by atoms with Crippen LogP contribution in [0.5, 0.6) is 0 Å². The summed E-state index contributed by atoms with van der Waals surface area (Å²) >= 11 is 3.11. The Morgan fingerprint density at radius 3 is 2.89 bits per heavy atom. The Hall–Kier alpha value is -2.32. The van der Waals surface area contributed by atoms with Gasteiger partial charge in [0.25, 0.3) is 0 Å². The highest BCUT2D eigenvalue weighted by Crippen LogP contribution is 2.23. The SMILES string of the molecule is C=CCn1c(N)nnc1SCC(=O)c1cc(C)n(CCc2cccs2)c1C. The Labute approximate surface area is 167 Å². The molecular weight excluding hydrogens is 378 g/mol. The Balaban J connectivity index is 1.68. The molecule has 0 aliphatic rings. The van der Waals surface area contributed by atoms with Gasteiger partial charge in [0.1, 0.15) is 0 Å². The van der Waals surface area contributed by atoms with Gasteiger partial charge in [0.2, 0.25) is 5.95 Å². The van der Waals surface area contributed by atoms with Crippen molar-refractivity contribution in [2.24, 2.45) is 0 Å². The van der Waals surface area contributed by atoms with Gasteiger partial charge in [-0.15, -0.1) is 28.1 Å². The highest BCUT2D eigenvalue weighted by atomic mass is 32.2. The Kier molecular flexibility index (Phi) is 6.18. The molecule has 3 aromatic heterocycles. The monoisotopic (exact) mass is 401 g/mol. The summed E-state index contributed by atoms with van der Waals surface area (Å²) in [4.78, 5) is 14.1. The molecule has 3 aromatic rings. The average Bonchev–Trinajstić information content (AvgIpc) is 3.34. The molecule has 0 fully saturated rings. The van der Waals surface area contributed by atoms with E-state index in [1.54, 1.807) is 22.0 Å². The first-order valence-corrected chi connectivity index (χ1v) is 10.5. The zero-order chi connectivity index (χ0) is 19.4. The Bertz CT molecular complexity index is 940. The van der Waals surface area contributed by atoms with E-state index in [0.717, 1.165) is 29.9 Å². The van der Waals surface area contributed by atoms with Crippen LogP contribution in [0, 0.1) is 13.8 Å². The minimum Gasteiger partial charge on any atom is -0.368 e. The number of nitrogens with two attached hydrogens (primary N) is 1. The molecule has 0 saturated carbocycles. The number of anilines is 1. The largest absolute Gasteiger partial charge is 0.368 e. The number of allylic oxidation sites excluding steroid dienone is 1. The summed E-state index contributed by atoms with van der Waals surface area (Å²) in [5.74, 6) is 0.712. The molecule has 142 valence electrons.